The first-order valence-corrected chi connectivity index (χ1v) is 14.5. The molecule has 0 saturated heterocycles. The Morgan fingerprint density at radius 2 is 1.47 bits per heavy atom. The fourth-order valence-electron chi connectivity index (χ4n) is 5.53. The minimum Gasteiger partial charge on any atom is -0.492 e. The zero-order chi connectivity index (χ0) is 23.8. The van der Waals surface area contributed by atoms with Crippen molar-refractivity contribution in [2.75, 3.05) is 6.61 Å². The van der Waals surface area contributed by atoms with Crippen molar-refractivity contribution in [1.82, 2.24) is 4.98 Å². The Hall–Kier alpha value is -1.83. The monoisotopic (exact) mass is 463 g/mol. The maximum absolute atomic E-state index is 5.86. The topological polar surface area (TPSA) is 22.1 Å². The first-order chi connectivity index (χ1) is 16.8. The number of rotatable bonds is 16. The molecule has 1 aliphatic rings. The van der Waals surface area contributed by atoms with Gasteiger partial charge in [0.15, 0.2) is 0 Å². The van der Waals surface area contributed by atoms with Gasteiger partial charge in [0.05, 0.1) is 18.5 Å². The van der Waals surface area contributed by atoms with Gasteiger partial charge in [0.2, 0.25) is 0 Å². The third-order valence-corrected chi connectivity index (χ3v) is 7.70. The summed E-state index contributed by atoms with van der Waals surface area (Å²) in [6.07, 6.45) is 23.7. The van der Waals surface area contributed by atoms with Gasteiger partial charge in [0.1, 0.15) is 5.75 Å². The van der Waals surface area contributed by atoms with Gasteiger partial charge in [-0.05, 0) is 55.2 Å². The van der Waals surface area contributed by atoms with Crippen LogP contribution in [0.25, 0.3) is 11.3 Å². The summed E-state index contributed by atoms with van der Waals surface area (Å²) in [5.74, 6) is 2.81. The molecule has 1 aromatic heterocycles. The summed E-state index contributed by atoms with van der Waals surface area (Å²) in [5, 5.41) is 0. The van der Waals surface area contributed by atoms with Crippen molar-refractivity contribution in [2.24, 2.45) is 11.8 Å². The van der Waals surface area contributed by atoms with Gasteiger partial charge in [0.25, 0.3) is 0 Å². The van der Waals surface area contributed by atoms with E-state index in [-0.39, 0.29) is 0 Å². The molecule has 2 atom stereocenters. The first kappa shape index (κ1) is 26.8. The Balaban J connectivity index is 1.38. The van der Waals surface area contributed by atoms with Crippen LogP contribution in [0.3, 0.4) is 0 Å². The molecule has 1 aromatic carbocycles. The summed E-state index contributed by atoms with van der Waals surface area (Å²) in [7, 11) is 0. The van der Waals surface area contributed by atoms with Crippen molar-refractivity contribution in [1.29, 1.82) is 0 Å². The van der Waals surface area contributed by atoms with Crippen molar-refractivity contribution in [3.05, 3.63) is 48.2 Å². The molecule has 34 heavy (non-hydrogen) atoms. The lowest BCUT2D eigenvalue weighted by atomic mass is 9.77. The summed E-state index contributed by atoms with van der Waals surface area (Å²) in [5.41, 5.74) is 3.69. The highest BCUT2D eigenvalue weighted by atomic mass is 16.5. The number of aryl methyl sites for hydroxylation is 1. The van der Waals surface area contributed by atoms with Gasteiger partial charge in [-0.3, -0.25) is 4.98 Å². The fourth-order valence-corrected chi connectivity index (χ4v) is 5.53. The molecule has 0 N–H and O–H groups in total. The van der Waals surface area contributed by atoms with Crippen molar-refractivity contribution in [3.63, 3.8) is 0 Å². The van der Waals surface area contributed by atoms with Gasteiger partial charge in [0, 0.05) is 5.56 Å². The highest BCUT2D eigenvalue weighted by Gasteiger charge is 2.21. The van der Waals surface area contributed by atoms with Crippen molar-refractivity contribution in [2.45, 2.75) is 117 Å². The van der Waals surface area contributed by atoms with E-state index in [1.54, 1.807) is 0 Å². The molecule has 3 rings (SSSR count). The number of unbranched alkanes of at least 4 members (excludes halogenated alkanes) is 7. The van der Waals surface area contributed by atoms with Crippen LogP contribution in [-0.2, 0) is 6.42 Å². The largest absolute Gasteiger partial charge is 0.492 e. The minimum atomic E-state index is 0.792. The van der Waals surface area contributed by atoms with Crippen LogP contribution in [0.2, 0.25) is 0 Å². The lowest BCUT2D eigenvalue weighted by molar-refractivity contribution is 0.239. The molecule has 0 spiro atoms. The van der Waals surface area contributed by atoms with Crippen LogP contribution in [0, 0.1) is 11.8 Å². The predicted octanol–water partition coefficient (Wildman–Crippen LogP) is 9.81. The minimum absolute atomic E-state index is 0.792. The molecule has 2 heteroatoms. The Morgan fingerprint density at radius 3 is 2.18 bits per heavy atom. The van der Waals surface area contributed by atoms with E-state index in [0.717, 1.165) is 36.3 Å². The van der Waals surface area contributed by atoms with Gasteiger partial charge in [-0.2, -0.15) is 0 Å². The number of hydrogen-bond acceptors (Lipinski definition) is 2. The smallest absolute Gasteiger partial charge is 0.137 e. The van der Waals surface area contributed by atoms with Crippen LogP contribution in [0.15, 0.2) is 42.6 Å². The average molecular weight is 464 g/mol. The van der Waals surface area contributed by atoms with Crippen LogP contribution in [0.4, 0.5) is 0 Å². The molecule has 1 saturated carbocycles. The van der Waals surface area contributed by atoms with Crippen LogP contribution in [-0.4, -0.2) is 11.6 Å². The molecule has 1 aliphatic carbocycles. The van der Waals surface area contributed by atoms with E-state index in [9.17, 15) is 0 Å². The predicted molar refractivity (Wildman–Crippen MR) is 146 cm³/mol. The standard InChI is InChI=1S/C32H49NO/c1-3-5-7-9-11-24-34-31-22-23-32(33-26-31)30-20-18-27(19-21-30)16-17-29-15-12-14-28(25-29)13-10-8-6-4-2/h18-23,26,28-29H,3-17,24-25H2,1-2H3. The van der Waals surface area contributed by atoms with Crippen molar-refractivity contribution in [3.8, 4) is 17.0 Å². The van der Waals surface area contributed by atoms with Crippen LogP contribution < -0.4 is 4.74 Å². The number of hydrogen-bond donors (Lipinski definition) is 0. The second-order valence-corrected chi connectivity index (χ2v) is 10.6. The molecule has 2 aromatic rings. The molecule has 1 heterocycles. The molecule has 1 fully saturated rings. The summed E-state index contributed by atoms with van der Waals surface area (Å²) in [6, 6.07) is 13.2. The molecule has 2 nitrogen and oxygen atoms in total. The van der Waals surface area contributed by atoms with E-state index in [4.69, 9.17) is 4.74 Å². The number of aromatic nitrogens is 1. The van der Waals surface area contributed by atoms with E-state index in [1.165, 1.54) is 107 Å². The molecular formula is C32H49NO. The highest BCUT2D eigenvalue weighted by molar-refractivity contribution is 5.59. The summed E-state index contributed by atoms with van der Waals surface area (Å²) < 4.78 is 5.86. The van der Waals surface area contributed by atoms with Gasteiger partial charge in [-0.15, -0.1) is 0 Å². The third kappa shape index (κ3) is 9.80. The average Bonchev–Trinajstić information content (AvgIpc) is 2.88. The van der Waals surface area contributed by atoms with E-state index < -0.39 is 0 Å². The number of ether oxygens (including phenoxy) is 1. The maximum Gasteiger partial charge on any atom is 0.137 e. The Morgan fingerprint density at radius 1 is 0.765 bits per heavy atom. The lowest BCUT2D eigenvalue weighted by Gasteiger charge is -2.29. The third-order valence-electron chi connectivity index (χ3n) is 7.70. The van der Waals surface area contributed by atoms with E-state index in [0.29, 0.717) is 0 Å². The van der Waals surface area contributed by atoms with Crippen molar-refractivity contribution < 1.29 is 4.74 Å². The van der Waals surface area contributed by atoms with Crippen LogP contribution in [0.5, 0.6) is 5.75 Å². The molecule has 188 valence electrons. The Labute approximate surface area is 209 Å². The van der Waals surface area contributed by atoms with Gasteiger partial charge in [-0.25, -0.2) is 0 Å². The quantitative estimate of drug-likeness (QED) is 0.231. The van der Waals surface area contributed by atoms with Gasteiger partial charge < -0.3 is 4.74 Å². The Bertz CT molecular complexity index is 767. The molecular weight excluding hydrogens is 414 g/mol. The van der Waals surface area contributed by atoms with Gasteiger partial charge in [-0.1, -0.05) is 115 Å². The number of benzene rings is 1. The lowest BCUT2D eigenvalue weighted by Crippen LogP contribution is -2.16. The second-order valence-electron chi connectivity index (χ2n) is 10.6. The second kappa shape index (κ2) is 16.0. The van der Waals surface area contributed by atoms with E-state index >= 15 is 0 Å². The molecule has 2 unspecified atom stereocenters. The van der Waals surface area contributed by atoms with Crippen LogP contribution in [0.1, 0.15) is 116 Å². The van der Waals surface area contributed by atoms with Gasteiger partial charge >= 0.3 is 0 Å². The molecule has 0 radical (unpaired) electrons. The molecule has 0 amide bonds. The number of pyridine rings is 1. The normalized spacial score (nSPS) is 18.2. The van der Waals surface area contributed by atoms with E-state index in [1.807, 2.05) is 6.20 Å². The molecule has 0 bridgehead atoms. The maximum atomic E-state index is 5.86. The summed E-state index contributed by atoms with van der Waals surface area (Å²) in [4.78, 5) is 4.65. The molecule has 0 aliphatic heterocycles. The van der Waals surface area contributed by atoms with Crippen LogP contribution >= 0.6 is 0 Å². The first-order valence-electron chi connectivity index (χ1n) is 14.5. The SMILES string of the molecule is CCCCCCCOc1ccc(-c2ccc(CCC3CCCC(CCCCCC)C3)cc2)nc1. The zero-order valence-corrected chi connectivity index (χ0v) is 22.1. The summed E-state index contributed by atoms with van der Waals surface area (Å²) >= 11 is 0. The zero-order valence-electron chi connectivity index (χ0n) is 22.1. The summed E-state index contributed by atoms with van der Waals surface area (Å²) in [6.45, 7) is 5.35. The Kier molecular flexibility index (Phi) is 12.6. The fraction of sp³-hybridized carbons (Fsp3) is 0.656. The van der Waals surface area contributed by atoms with E-state index in [2.05, 4.69) is 55.2 Å². The number of nitrogens with zero attached hydrogens (tertiary/aromatic N) is 1. The van der Waals surface area contributed by atoms with Crippen molar-refractivity contribution >= 4 is 0 Å². The highest BCUT2D eigenvalue weighted by Crippen LogP contribution is 2.35.